The Labute approximate surface area is 114 Å². The van der Waals surface area contributed by atoms with Crippen LogP contribution in [-0.4, -0.2) is 17.9 Å². The number of hydrogen-bond acceptors (Lipinski definition) is 3. The largest absolute Gasteiger partial charge is 0.481 e. The van der Waals surface area contributed by atoms with Crippen molar-refractivity contribution in [1.82, 2.24) is 0 Å². The van der Waals surface area contributed by atoms with Crippen molar-refractivity contribution in [3.8, 4) is 11.5 Å². The molecule has 4 nitrogen and oxygen atoms in total. The monoisotopic (exact) mass is 314 g/mol. The number of aryl methyl sites for hydroxylation is 1. The van der Waals surface area contributed by atoms with Crippen LogP contribution < -0.4 is 9.47 Å². The second kappa shape index (κ2) is 4.46. The van der Waals surface area contributed by atoms with Crippen molar-refractivity contribution < 1.29 is 19.4 Å². The maximum Gasteiger partial charge on any atom is 0.304 e. The maximum atomic E-state index is 11.0. The van der Waals surface area contributed by atoms with Crippen LogP contribution in [0.15, 0.2) is 10.5 Å². The van der Waals surface area contributed by atoms with Gasteiger partial charge in [-0.2, -0.15) is 0 Å². The number of carboxylic acids is 1. The molecule has 0 amide bonds. The Bertz CT molecular complexity index is 508. The molecule has 1 aromatic carbocycles. The number of rotatable bonds is 3. The predicted octanol–water partition coefficient (Wildman–Crippen LogP) is 3.24. The third-order valence-electron chi connectivity index (χ3n) is 3.07. The zero-order chi connectivity index (χ0) is 13.5. The van der Waals surface area contributed by atoms with Gasteiger partial charge in [-0.25, -0.2) is 0 Å². The first kappa shape index (κ1) is 13.2. The number of carbonyl (C=O) groups is 1. The summed E-state index contributed by atoms with van der Waals surface area (Å²) in [5.41, 5.74) is 1.47. The van der Waals surface area contributed by atoms with Crippen LogP contribution in [-0.2, 0) is 10.2 Å². The summed E-state index contributed by atoms with van der Waals surface area (Å²) in [5.74, 6) is 0.548. The molecule has 0 radical (unpaired) electrons. The molecule has 1 aliphatic heterocycles. The molecule has 0 saturated carbocycles. The quantitative estimate of drug-likeness (QED) is 0.930. The van der Waals surface area contributed by atoms with Gasteiger partial charge in [0.05, 0.1) is 10.9 Å². The van der Waals surface area contributed by atoms with Crippen LogP contribution in [0.5, 0.6) is 11.5 Å². The van der Waals surface area contributed by atoms with Crippen molar-refractivity contribution >= 4 is 21.9 Å². The molecule has 0 unspecified atom stereocenters. The molecule has 0 aromatic heterocycles. The van der Waals surface area contributed by atoms with E-state index >= 15 is 0 Å². The molecule has 5 heteroatoms. The molecular formula is C13H15BrO4. The molecule has 98 valence electrons. The van der Waals surface area contributed by atoms with Crippen molar-refractivity contribution in [2.24, 2.45) is 0 Å². The predicted molar refractivity (Wildman–Crippen MR) is 70.3 cm³/mol. The summed E-state index contributed by atoms with van der Waals surface area (Å²) in [6.07, 6.45) is 0.0616. The summed E-state index contributed by atoms with van der Waals surface area (Å²) in [4.78, 5) is 11.0. The third kappa shape index (κ3) is 2.19. The van der Waals surface area contributed by atoms with Crippen molar-refractivity contribution in [2.45, 2.75) is 32.6 Å². The normalized spacial score (nSPS) is 13.8. The van der Waals surface area contributed by atoms with Gasteiger partial charge in [0.2, 0.25) is 6.79 Å². The van der Waals surface area contributed by atoms with Crippen LogP contribution in [0.1, 0.15) is 31.4 Å². The Morgan fingerprint density at radius 1 is 1.50 bits per heavy atom. The number of ether oxygens (including phenoxy) is 2. The Hall–Kier alpha value is -1.23. The number of hydrogen-bond donors (Lipinski definition) is 1. The molecule has 0 saturated heterocycles. The number of carboxylic acid groups (broad SMARTS) is 1. The summed E-state index contributed by atoms with van der Waals surface area (Å²) in [6.45, 7) is 5.98. The van der Waals surface area contributed by atoms with E-state index in [9.17, 15) is 4.79 Å². The van der Waals surface area contributed by atoms with Crippen LogP contribution in [0, 0.1) is 6.92 Å². The minimum Gasteiger partial charge on any atom is -0.481 e. The summed E-state index contributed by atoms with van der Waals surface area (Å²) in [5, 5.41) is 9.01. The Kier molecular flexibility index (Phi) is 3.27. The van der Waals surface area contributed by atoms with Gasteiger partial charge in [-0.1, -0.05) is 13.8 Å². The standard InChI is InChI=1S/C13H15BrO4/c1-7-4-8-12(18-6-17-8)11(14)10(7)13(2,3)5-9(15)16/h4H,5-6H2,1-3H3,(H,15,16). The Morgan fingerprint density at radius 2 is 2.17 bits per heavy atom. The van der Waals surface area contributed by atoms with Crippen LogP contribution in [0.2, 0.25) is 0 Å². The molecule has 0 atom stereocenters. The molecule has 1 N–H and O–H groups in total. The van der Waals surface area contributed by atoms with Gasteiger partial charge < -0.3 is 14.6 Å². The van der Waals surface area contributed by atoms with Gasteiger partial charge in [0.1, 0.15) is 0 Å². The van der Waals surface area contributed by atoms with Crippen molar-refractivity contribution in [2.75, 3.05) is 6.79 Å². The molecule has 0 spiro atoms. The van der Waals surface area contributed by atoms with E-state index in [0.717, 1.165) is 15.6 Å². The third-order valence-corrected chi connectivity index (χ3v) is 3.83. The van der Waals surface area contributed by atoms with E-state index in [1.807, 2.05) is 26.8 Å². The van der Waals surface area contributed by atoms with Crippen LogP contribution >= 0.6 is 15.9 Å². The fourth-order valence-corrected chi connectivity index (χ4v) is 3.58. The molecule has 18 heavy (non-hydrogen) atoms. The molecule has 1 aliphatic rings. The molecular weight excluding hydrogens is 300 g/mol. The highest BCUT2D eigenvalue weighted by molar-refractivity contribution is 9.10. The van der Waals surface area contributed by atoms with E-state index < -0.39 is 11.4 Å². The van der Waals surface area contributed by atoms with E-state index in [1.54, 1.807) is 0 Å². The zero-order valence-corrected chi connectivity index (χ0v) is 12.1. The SMILES string of the molecule is Cc1cc2c(c(Br)c1C(C)(C)CC(=O)O)OCO2. The first-order valence-corrected chi connectivity index (χ1v) is 6.43. The van der Waals surface area contributed by atoms with Gasteiger partial charge in [-0.05, 0) is 40.0 Å². The fraction of sp³-hybridized carbons (Fsp3) is 0.462. The minimum absolute atomic E-state index is 0.0616. The highest BCUT2D eigenvalue weighted by Gasteiger charge is 2.32. The van der Waals surface area contributed by atoms with Gasteiger partial charge in [-0.15, -0.1) is 0 Å². The lowest BCUT2D eigenvalue weighted by Crippen LogP contribution is -2.23. The molecule has 1 heterocycles. The van der Waals surface area contributed by atoms with E-state index in [4.69, 9.17) is 14.6 Å². The summed E-state index contributed by atoms with van der Waals surface area (Å²) in [6, 6.07) is 1.89. The minimum atomic E-state index is -0.816. The van der Waals surface area contributed by atoms with Crippen LogP contribution in [0.25, 0.3) is 0 Å². The fourth-order valence-electron chi connectivity index (χ4n) is 2.42. The molecule has 0 fully saturated rings. The van der Waals surface area contributed by atoms with Gasteiger partial charge in [-0.3, -0.25) is 4.79 Å². The van der Waals surface area contributed by atoms with E-state index in [2.05, 4.69) is 15.9 Å². The summed E-state index contributed by atoms with van der Waals surface area (Å²) >= 11 is 3.51. The molecule has 0 aliphatic carbocycles. The average molecular weight is 315 g/mol. The smallest absolute Gasteiger partial charge is 0.304 e. The lowest BCUT2D eigenvalue weighted by atomic mass is 9.79. The van der Waals surface area contributed by atoms with Crippen molar-refractivity contribution in [3.05, 3.63) is 21.7 Å². The highest BCUT2D eigenvalue weighted by atomic mass is 79.9. The first-order valence-electron chi connectivity index (χ1n) is 5.64. The lowest BCUT2D eigenvalue weighted by Gasteiger charge is -2.27. The molecule has 1 aromatic rings. The Balaban J connectivity index is 2.54. The van der Waals surface area contributed by atoms with E-state index in [-0.39, 0.29) is 13.2 Å². The number of benzene rings is 1. The molecule has 2 rings (SSSR count). The van der Waals surface area contributed by atoms with Gasteiger partial charge in [0.15, 0.2) is 11.5 Å². The van der Waals surface area contributed by atoms with Gasteiger partial charge >= 0.3 is 5.97 Å². The second-order valence-corrected chi connectivity index (χ2v) is 5.86. The van der Waals surface area contributed by atoms with Crippen molar-refractivity contribution in [1.29, 1.82) is 0 Å². The first-order chi connectivity index (χ1) is 8.33. The van der Waals surface area contributed by atoms with E-state index in [1.165, 1.54) is 0 Å². The summed E-state index contributed by atoms with van der Waals surface area (Å²) in [7, 11) is 0. The molecule has 0 bridgehead atoms. The Morgan fingerprint density at radius 3 is 2.78 bits per heavy atom. The van der Waals surface area contributed by atoms with Crippen molar-refractivity contribution in [3.63, 3.8) is 0 Å². The topological polar surface area (TPSA) is 55.8 Å². The number of aliphatic carboxylic acids is 1. The lowest BCUT2D eigenvalue weighted by molar-refractivity contribution is -0.138. The van der Waals surface area contributed by atoms with Crippen LogP contribution in [0.4, 0.5) is 0 Å². The number of halogens is 1. The van der Waals surface area contributed by atoms with E-state index in [0.29, 0.717) is 11.5 Å². The average Bonchev–Trinajstić information content (AvgIpc) is 2.62. The summed E-state index contributed by atoms with van der Waals surface area (Å²) < 4.78 is 11.5. The van der Waals surface area contributed by atoms with Gasteiger partial charge in [0, 0.05) is 5.41 Å². The second-order valence-electron chi connectivity index (χ2n) is 5.07. The van der Waals surface area contributed by atoms with Gasteiger partial charge in [0.25, 0.3) is 0 Å². The van der Waals surface area contributed by atoms with Crippen LogP contribution in [0.3, 0.4) is 0 Å². The zero-order valence-electron chi connectivity index (χ0n) is 10.5. The number of fused-ring (bicyclic) bond motifs is 1. The maximum absolute atomic E-state index is 11.0. The highest BCUT2D eigenvalue weighted by Crippen LogP contribution is 2.47.